The van der Waals surface area contributed by atoms with E-state index in [0.29, 0.717) is 30.0 Å². The fraction of sp³-hybridized carbons (Fsp3) is 0.120. The van der Waals surface area contributed by atoms with Crippen LogP contribution in [0.4, 0.5) is 0 Å². The van der Waals surface area contributed by atoms with Gasteiger partial charge in [0.05, 0.1) is 18.4 Å². The molecule has 7 nitrogen and oxygen atoms in total. The highest BCUT2D eigenvalue weighted by atomic mass is 16.5. The lowest BCUT2D eigenvalue weighted by molar-refractivity contribution is 0.0954. The number of carbonyl (C=O) groups excluding carboxylic acids is 1. The van der Waals surface area contributed by atoms with Gasteiger partial charge in [0.2, 0.25) is 0 Å². The summed E-state index contributed by atoms with van der Waals surface area (Å²) in [7, 11) is 1.59. The van der Waals surface area contributed by atoms with Gasteiger partial charge in [-0.1, -0.05) is 36.4 Å². The first-order chi connectivity index (χ1) is 15.5. The molecule has 32 heavy (non-hydrogen) atoms. The van der Waals surface area contributed by atoms with E-state index in [4.69, 9.17) is 4.74 Å². The van der Waals surface area contributed by atoms with Crippen molar-refractivity contribution in [1.82, 2.24) is 15.1 Å². The molecule has 4 rings (SSSR count). The van der Waals surface area contributed by atoms with Crippen LogP contribution in [-0.2, 0) is 6.42 Å². The summed E-state index contributed by atoms with van der Waals surface area (Å²) in [5.74, 6) is 0.0653. The third-order valence-corrected chi connectivity index (χ3v) is 5.06. The summed E-state index contributed by atoms with van der Waals surface area (Å²) in [6.45, 7) is 0.358. The molecule has 0 saturated carbocycles. The van der Waals surface area contributed by atoms with E-state index in [-0.39, 0.29) is 17.4 Å². The summed E-state index contributed by atoms with van der Waals surface area (Å²) in [6.07, 6.45) is 2.22. The third kappa shape index (κ3) is 4.57. The van der Waals surface area contributed by atoms with Crippen LogP contribution >= 0.6 is 0 Å². The molecule has 0 radical (unpaired) electrons. The minimum atomic E-state index is -0.256. The minimum absolute atomic E-state index is 0.172. The maximum absolute atomic E-state index is 13.1. The average Bonchev–Trinajstić information content (AvgIpc) is 3.28. The van der Waals surface area contributed by atoms with E-state index in [1.54, 1.807) is 24.1 Å². The van der Waals surface area contributed by atoms with Crippen LogP contribution in [0.2, 0.25) is 0 Å². The molecule has 1 heterocycles. The van der Waals surface area contributed by atoms with E-state index in [9.17, 15) is 15.0 Å². The number of benzene rings is 3. The van der Waals surface area contributed by atoms with Gasteiger partial charge in [-0.15, -0.1) is 0 Å². The molecule has 0 saturated heterocycles. The van der Waals surface area contributed by atoms with Gasteiger partial charge in [0, 0.05) is 18.3 Å². The van der Waals surface area contributed by atoms with Crippen LogP contribution < -0.4 is 10.1 Å². The van der Waals surface area contributed by atoms with Crippen molar-refractivity contribution >= 4 is 5.91 Å². The van der Waals surface area contributed by atoms with Gasteiger partial charge in [-0.3, -0.25) is 4.79 Å². The molecule has 0 aliphatic carbocycles. The number of aromatic nitrogens is 2. The Labute approximate surface area is 185 Å². The van der Waals surface area contributed by atoms with Crippen molar-refractivity contribution < 1.29 is 19.7 Å². The maximum Gasteiger partial charge on any atom is 0.255 e. The Bertz CT molecular complexity index is 1240. The number of ether oxygens (including phenoxy) is 1. The van der Waals surface area contributed by atoms with E-state index >= 15 is 0 Å². The number of nitrogens with zero attached hydrogens (tertiary/aromatic N) is 2. The summed E-state index contributed by atoms with van der Waals surface area (Å²) in [4.78, 5) is 13.1. The predicted octanol–water partition coefficient (Wildman–Crippen LogP) is 3.93. The van der Waals surface area contributed by atoms with Crippen molar-refractivity contribution in [3.8, 4) is 34.2 Å². The summed E-state index contributed by atoms with van der Waals surface area (Å²) in [5, 5.41) is 26.7. The van der Waals surface area contributed by atoms with Gasteiger partial charge in [0.25, 0.3) is 5.91 Å². The number of phenols is 2. The first-order valence-electron chi connectivity index (χ1n) is 10.1. The van der Waals surface area contributed by atoms with Crippen LogP contribution in [0.1, 0.15) is 15.9 Å². The fourth-order valence-corrected chi connectivity index (χ4v) is 3.38. The highest BCUT2D eigenvalue weighted by Gasteiger charge is 2.19. The Morgan fingerprint density at radius 1 is 1.00 bits per heavy atom. The van der Waals surface area contributed by atoms with Gasteiger partial charge in [-0.25, -0.2) is 4.68 Å². The van der Waals surface area contributed by atoms with Gasteiger partial charge in [0.15, 0.2) is 11.5 Å². The highest BCUT2D eigenvalue weighted by molar-refractivity contribution is 6.00. The molecule has 3 N–H and O–H groups in total. The normalized spacial score (nSPS) is 10.7. The molecule has 0 aliphatic rings. The second-order valence-corrected chi connectivity index (χ2v) is 7.23. The summed E-state index contributed by atoms with van der Waals surface area (Å²) < 4.78 is 7.01. The molecule has 0 fully saturated rings. The van der Waals surface area contributed by atoms with Crippen LogP contribution in [-0.4, -0.2) is 39.6 Å². The summed E-state index contributed by atoms with van der Waals surface area (Å²) >= 11 is 0. The van der Waals surface area contributed by atoms with Crippen molar-refractivity contribution in [2.45, 2.75) is 6.42 Å². The summed E-state index contributed by atoms with van der Waals surface area (Å²) in [6, 6.07) is 21.6. The topological polar surface area (TPSA) is 96.6 Å². The smallest absolute Gasteiger partial charge is 0.255 e. The lowest BCUT2D eigenvalue weighted by atomic mass is 10.1. The molecule has 7 heteroatoms. The maximum atomic E-state index is 13.1. The summed E-state index contributed by atoms with van der Waals surface area (Å²) in [5.41, 5.74) is 3.40. The number of hydrogen-bond acceptors (Lipinski definition) is 5. The van der Waals surface area contributed by atoms with Crippen LogP contribution in [0.15, 0.2) is 79.0 Å². The molecule has 3 aromatic carbocycles. The van der Waals surface area contributed by atoms with Crippen molar-refractivity contribution in [2.75, 3.05) is 13.7 Å². The van der Waals surface area contributed by atoms with Crippen LogP contribution in [0.3, 0.4) is 0 Å². The largest absolute Gasteiger partial charge is 0.504 e. The molecule has 162 valence electrons. The molecule has 0 atom stereocenters. The molecule has 4 aromatic rings. The number of hydrogen-bond donors (Lipinski definition) is 3. The number of amides is 1. The lowest BCUT2D eigenvalue weighted by Gasteiger charge is -2.07. The Balaban J connectivity index is 1.59. The number of para-hydroxylation sites is 1. The van der Waals surface area contributed by atoms with Crippen molar-refractivity contribution in [2.24, 2.45) is 0 Å². The fourth-order valence-electron chi connectivity index (χ4n) is 3.38. The molecular weight excluding hydrogens is 406 g/mol. The predicted molar refractivity (Wildman–Crippen MR) is 121 cm³/mol. The van der Waals surface area contributed by atoms with Gasteiger partial charge < -0.3 is 20.3 Å². The van der Waals surface area contributed by atoms with E-state index in [0.717, 1.165) is 16.8 Å². The quantitative estimate of drug-likeness (QED) is 0.387. The van der Waals surface area contributed by atoms with Crippen molar-refractivity contribution in [1.29, 1.82) is 0 Å². The highest BCUT2D eigenvalue weighted by Crippen LogP contribution is 2.27. The van der Waals surface area contributed by atoms with E-state index in [2.05, 4.69) is 10.4 Å². The zero-order valence-corrected chi connectivity index (χ0v) is 17.5. The number of rotatable bonds is 7. The van der Waals surface area contributed by atoms with Gasteiger partial charge in [-0.05, 0) is 48.4 Å². The third-order valence-electron chi connectivity index (χ3n) is 5.06. The standard InChI is InChI=1S/C25H23N3O4/c1-32-20-9-5-6-18(15-20)24-21(16-28(27-24)19-7-3-2-4-8-19)25(31)26-13-12-17-10-11-22(29)23(30)14-17/h2-11,14-16,29-30H,12-13H2,1H3,(H,26,31). The van der Waals surface area contributed by atoms with Gasteiger partial charge >= 0.3 is 0 Å². The number of aromatic hydroxyl groups is 2. The molecule has 0 spiro atoms. The number of carbonyl (C=O) groups is 1. The molecule has 0 bridgehead atoms. The molecule has 0 aliphatic heterocycles. The average molecular weight is 429 g/mol. The molecule has 1 amide bonds. The Morgan fingerprint density at radius 3 is 2.56 bits per heavy atom. The number of phenolic OH excluding ortho intramolecular Hbond substituents is 2. The number of nitrogens with one attached hydrogen (secondary N) is 1. The first kappa shape index (κ1) is 21.0. The van der Waals surface area contributed by atoms with Crippen LogP contribution in [0, 0.1) is 0 Å². The van der Waals surface area contributed by atoms with E-state index < -0.39 is 0 Å². The number of methoxy groups -OCH3 is 1. The van der Waals surface area contributed by atoms with E-state index in [1.807, 2.05) is 54.6 Å². The van der Waals surface area contributed by atoms with E-state index in [1.165, 1.54) is 12.1 Å². The lowest BCUT2D eigenvalue weighted by Crippen LogP contribution is -2.25. The molecular formula is C25H23N3O4. The zero-order chi connectivity index (χ0) is 22.5. The SMILES string of the molecule is COc1cccc(-c2nn(-c3ccccc3)cc2C(=O)NCCc2ccc(O)c(O)c2)c1. The Morgan fingerprint density at radius 2 is 1.81 bits per heavy atom. The monoisotopic (exact) mass is 429 g/mol. The van der Waals surface area contributed by atoms with Crippen molar-refractivity contribution in [3.63, 3.8) is 0 Å². The second kappa shape index (κ2) is 9.26. The Kier molecular flexibility index (Phi) is 6.07. The van der Waals surface area contributed by atoms with Crippen LogP contribution in [0.25, 0.3) is 16.9 Å². The van der Waals surface area contributed by atoms with Gasteiger partial charge in [0.1, 0.15) is 11.4 Å². The zero-order valence-electron chi connectivity index (χ0n) is 17.5. The first-order valence-corrected chi connectivity index (χ1v) is 10.1. The van der Waals surface area contributed by atoms with Gasteiger partial charge in [-0.2, -0.15) is 5.10 Å². The molecule has 1 aromatic heterocycles. The second-order valence-electron chi connectivity index (χ2n) is 7.23. The van der Waals surface area contributed by atoms with Crippen molar-refractivity contribution in [3.05, 3.63) is 90.1 Å². The van der Waals surface area contributed by atoms with Crippen LogP contribution in [0.5, 0.6) is 17.2 Å². The Hall–Kier alpha value is -4.26. The molecule has 0 unspecified atom stereocenters. The minimum Gasteiger partial charge on any atom is -0.504 e.